The molecule has 0 atom stereocenters. The van der Waals surface area contributed by atoms with Crippen molar-refractivity contribution in [1.82, 2.24) is 0 Å². The van der Waals surface area contributed by atoms with Gasteiger partial charge in [-0.15, -0.1) is 0 Å². The fraction of sp³-hybridized carbons (Fsp3) is 1.00. The van der Waals surface area contributed by atoms with Crippen molar-refractivity contribution in [2.45, 2.75) is 25.8 Å². The van der Waals surface area contributed by atoms with E-state index in [1.807, 2.05) is 6.92 Å². The molecule has 0 bridgehead atoms. The van der Waals surface area contributed by atoms with Gasteiger partial charge in [-0.2, -0.15) is 0 Å². The van der Waals surface area contributed by atoms with Crippen LogP contribution in [0.3, 0.4) is 0 Å². The van der Waals surface area contributed by atoms with Gasteiger partial charge in [0.25, 0.3) is 0 Å². The first-order chi connectivity index (χ1) is 7.26. The SMILES string of the molecule is CC[Si](OC)(OC)OCCCC1COC1. The Hall–Kier alpha value is 0.0569. The van der Waals surface area contributed by atoms with Crippen LogP contribution in [0.2, 0.25) is 6.04 Å². The largest absolute Gasteiger partial charge is 0.500 e. The highest BCUT2D eigenvalue weighted by Gasteiger charge is 2.36. The molecule has 0 saturated carbocycles. The van der Waals surface area contributed by atoms with E-state index in [1.165, 1.54) is 6.42 Å². The summed E-state index contributed by atoms with van der Waals surface area (Å²) in [7, 11) is 1.02. The third kappa shape index (κ3) is 3.84. The molecular weight excluding hydrogens is 212 g/mol. The molecule has 4 nitrogen and oxygen atoms in total. The molecule has 0 aromatic heterocycles. The molecule has 0 radical (unpaired) electrons. The predicted octanol–water partition coefficient (Wildman–Crippen LogP) is 1.68. The smallest absolute Gasteiger partial charge is 0.381 e. The van der Waals surface area contributed by atoms with Crippen LogP contribution in [0.5, 0.6) is 0 Å². The number of hydrogen-bond acceptors (Lipinski definition) is 4. The summed E-state index contributed by atoms with van der Waals surface area (Å²) in [5.41, 5.74) is 0. The third-order valence-corrected chi connectivity index (χ3v) is 5.59. The lowest BCUT2D eigenvalue weighted by molar-refractivity contribution is -0.0383. The lowest BCUT2D eigenvalue weighted by Gasteiger charge is -2.27. The standard InChI is InChI=1S/C10H22O4Si/c1-4-15(11-2,12-3)14-7-5-6-10-8-13-9-10/h10H,4-9H2,1-3H3. The van der Waals surface area contributed by atoms with Gasteiger partial charge in [-0.3, -0.25) is 0 Å². The van der Waals surface area contributed by atoms with Crippen LogP contribution in [0.15, 0.2) is 0 Å². The van der Waals surface area contributed by atoms with Gasteiger partial charge in [-0.25, -0.2) is 0 Å². The maximum atomic E-state index is 5.75. The molecule has 1 aliphatic heterocycles. The van der Waals surface area contributed by atoms with E-state index in [4.69, 9.17) is 18.0 Å². The molecule has 0 N–H and O–H groups in total. The van der Waals surface area contributed by atoms with E-state index in [1.54, 1.807) is 14.2 Å². The van der Waals surface area contributed by atoms with Crippen LogP contribution in [0.4, 0.5) is 0 Å². The first kappa shape index (κ1) is 13.1. The molecule has 15 heavy (non-hydrogen) atoms. The van der Waals surface area contributed by atoms with Gasteiger partial charge < -0.3 is 18.0 Å². The van der Waals surface area contributed by atoms with Crippen molar-refractivity contribution in [3.05, 3.63) is 0 Å². The van der Waals surface area contributed by atoms with E-state index in [2.05, 4.69) is 0 Å². The summed E-state index contributed by atoms with van der Waals surface area (Å²) >= 11 is 0. The van der Waals surface area contributed by atoms with Crippen LogP contribution in [0.1, 0.15) is 19.8 Å². The maximum Gasteiger partial charge on any atom is 0.500 e. The molecule has 1 fully saturated rings. The Labute approximate surface area is 93.2 Å². The van der Waals surface area contributed by atoms with E-state index in [0.717, 1.165) is 38.2 Å². The summed E-state index contributed by atoms with van der Waals surface area (Å²) in [6.45, 7) is 4.62. The first-order valence-corrected chi connectivity index (χ1v) is 7.51. The molecule has 0 amide bonds. The Morgan fingerprint density at radius 1 is 1.27 bits per heavy atom. The summed E-state index contributed by atoms with van der Waals surface area (Å²) in [6.07, 6.45) is 2.25. The Balaban J connectivity index is 2.09. The van der Waals surface area contributed by atoms with Crippen molar-refractivity contribution in [1.29, 1.82) is 0 Å². The van der Waals surface area contributed by atoms with Crippen LogP contribution < -0.4 is 0 Å². The van der Waals surface area contributed by atoms with Gasteiger partial charge in [-0.05, 0) is 12.8 Å². The Kier molecular flexibility index (Phi) is 5.77. The van der Waals surface area contributed by atoms with Crippen LogP contribution in [-0.4, -0.2) is 42.8 Å². The minimum absolute atomic E-state index is 0.734. The van der Waals surface area contributed by atoms with Crippen LogP contribution in [0, 0.1) is 5.92 Å². The quantitative estimate of drug-likeness (QED) is 0.473. The highest BCUT2D eigenvalue weighted by Crippen LogP contribution is 2.18. The first-order valence-electron chi connectivity index (χ1n) is 5.58. The molecule has 1 heterocycles. The summed E-state index contributed by atoms with van der Waals surface area (Å²) < 4.78 is 21.6. The molecule has 0 aromatic carbocycles. The van der Waals surface area contributed by atoms with Crippen molar-refractivity contribution in [3.63, 3.8) is 0 Å². The van der Waals surface area contributed by atoms with E-state index in [9.17, 15) is 0 Å². The van der Waals surface area contributed by atoms with Crippen molar-refractivity contribution >= 4 is 8.80 Å². The molecular formula is C10H22O4Si. The topological polar surface area (TPSA) is 36.9 Å². The van der Waals surface area contributed by atoms with Crippen molar-refractivity contribution < 1.29 is 18.0 Å². The van der Waals surface area contributed by atoms with Gasteiger partial charge in [-0.1, -0.05) is 6.92 Å². The van der Waals surface area contributed by atoms with Crippen LogP contribution in [-0.2, 0) is 18.0 Å². The average molecular weight is 234 g/mol. The second-order valence-corrected chi connectivity index (χ2v) is 7.02. The van der Waals surface area contributed by atoms with Crippen molar-refractivity contribution in [3.8, 4) is 0 Å². The highest BCUT2D eigenvalue weighted by molar-refractivity contribution is 6.60. The minimum atomic E-state index is -2.31. The van der Waals surface area contributed by atoms with Gasteiger partial charge >= 0.3 is 8.80 Å². The van der Waals surface area contributed by atoms with Gasteiger partial charge in [0.15, 0.2) is 0 Å². The zero-order valence-corrected chi connectivity index (χ0v) is 11.0. The zero-order chi connectivity index (χ0) is 11.1. The van der Waals surface area contributed by atoms with Gasteiger partial charge in [0.05, 0.1) is 13.2 Å². The highest BCUT2D eigenvalue weighted by atomic mass is 28.4. The number of rotatable bonds is 8. The molecule has 1 rings (SSSR count). The second-order valence-electron chi connectivity index (χ2n) is 3.84. The molecule has 90 valence electrons. The molecule has 5 heteroatoms. The minimum Gasteiger partial charge on any atom is -0.381 e. The van der Waals surface area contributed by atoms with Crippen LogP contribution >= 0.6 is 0 Å². The van der Waals surface area contributed by atoms with E-state index in [0.29, 0.717) is 0 Å². The third-order valence-electron chi connectivity index (χ3n) is 2.84. The molecule has 1 saturated heterocycles. The maximum absolute atomic E-state index is 5.75. The van der Waals surface area contributed by atoms with Gasteiger partial charge in [0, 0.05) is 32.8 Å². The molecule has 0 aromatic rings. The van der Waals surface area contributed by atoms with E-state index >= 15 is 0 Å². The van der Waals surface area contributed by atoms with Crippen molar-refractivity contribution in [2.75, 3.05) is 34.0 Å². The fourth-order valence-electron chi connectivity index (χ4n) is 1.64. The number of ether oxygens (including phenoxy) is 1. The summed E-state index contributed by atoms with van der Waals surface area (Å²) in [5.74, 6) is 0.747. The van der Waals surface area contributed by atoms with Crippen molar-refractivity contribution in [2.24, 2.45) is 5.92 Å². The Morgan fingerprint density at radius 3 is 2.33 bits per heavy atom. The van der Waals surface area contributed by atoms with Crippen LogP contribution in [0.25, 0.3) is 0 Å². The zero-order valence-electron chi connectivity index (χ0n) is 9.95. The lowest BCUT2D eigenvalue weighted by Crippen LogP contribution is -2.43. The predicted molar refractivity (Wildman–Crippen MR) is 59.7 cm³/mol. The summed E-state index contributed by atoms with van der Waals surface area (Å²) in [6, 6.07) is 0.826. The monoisotopic (exact) mass is 234 g/mol. The Morgan fingerprint density at radius 2 is 1.93 bits per heavy atom. The Bertz CT molecular complexity index is 161. The summed E-state index contributed by atoms with van der Waals surface area (Å²) in [4.78, 5) is 0. The van der Waals surface area contributed by atoms with Gasteiger partial charge in [0.2, 0.25) is 0 Å². The fourth-order valence-corrected chi connectivity index (χ4v) is 3.28. The second kappa shape index (κ2) is 6.60. The molecule has 0 spiro atoms. The molecule has 0 aliphatic carbocycles. The van der Waals surface area contributed by atoms with E-state index in [-0.39, 0.29) is 0 Å². The average Bonchev–Trinajstić information content (AvgIpc) is 2.22. The molecule has 1 aliphatic rings. The summed E-state index contributed by atoms with van der Waals surface area (Å²) in [5, 5.41) is 0. The normalized spacial score (nSPS) is 17.8. The lowest BCUT2D eigenvalue weighted by atomic mass is 10.0. The van der Waals surface area contributed by atoms with E-state index < -0.39 is 8.80 Å². The van der Waals surface area contributed by atoms with Gasteiger partial charge in [0.1, 0.15) is 0 Å². The number of hydrogen-bond donors (Lipinski definition) is 0. The molecule has 0 unspecified atom stereocenters.